The average molecular weight is 268 g/mol. The Labute approximate surface area is 114 Å². The van der Waals surface area contributed by atoms with E-state index in [0.29, 0.717) is 0 Å². The summed E-state index contributed by atoms with van der Waals surface area (Å²) in [5.74, 6) is 0. The van der Waals surface area contributed by atoms with Crippen molar-refractivity contribution in [3.63, 3.8) is 0 Å². The van der Waals surface area contributed by atoms with E-state index in [1.807, 2.05) is 6.92 Å². The van der Waals surface area contributed by atoms with Crippen molar-refractivity contribution in [3.05, 3.63) is 22.4 Å². The van der Waals surface area contributed by atoms with E-state index < -0.39 is 0 Å². The van der Waals surface area contributed by atoms with Crippen molar-refractivity contribution in [2.45, 2.75) is 56.8 Å². The normalized spacial score (nSPS) is 28.3. The molecule has 1 aromatic rings. The van der Waals surface area contributed by atoms with Gasteiger partial charge in [-0.2, -0.15) is 11.3 Å². The van der Waals surface area contributed by atoms with Gasteiger partial charge in [0, 0.05) is 12.1 Å². The third-order valence-corrected chi connectivity index (χ3v) is 4.74. The van der Waals surface area contributed by atoms with E-state index in [1.54, 1.807) is 11.3 Å². The van der Waals surface area contributed by atoms with Gasteiger partial charge in [0.1, 0.15) is 0 Å². The molecule has 0 aliphatic heterocycles. The number of thiophene rings is 1. The molecule has 1 fully saturated rings. The molecule has 0 radical (unpaired) electrons. The average Bonchev–Trinajstić information content (AvgIpc) is 2.82. The lowest BCUT2D eigenvalue weighted by molar-refractivity contribution is 0.00800. The van der Waals surface area contributed by atoms with Crippen LogP contribution in [0, 0.1) is 0 Å². The zero-order chi connectivity index (χ0) is 13.1. The summed E-state index contributed by atoms with van der Waals surface area (Å²) in [5, 5.41) is 14.4. The zero-order valence-corrected chi connectivity index (χ0v) is 12.1. The van der Waals surface area contributed by atoms with Crippen LogP contribution in [0.1, 0.15) is 44.2 Å². The van der Waals surface area contributed by atoms with Crippen molar-refractivity contribution in [1.82, 2.24) is 4.90 Å². The molecule has 4 unspecified atom stereocenters. The topological polar surface area (TPSA) is 49.5 Å². The molecular weight excluding hydrogens is 244 g/mol. The van der Waals surface area contributed by atoms with Crippen LogP contribution in [0.25, 0.3) is 0 Å². The fraction of sp³-hybridized carbons (Fsp3) is 0.714. The summed E-state index contributed by atoms with van der Waals surface area (Å²) in [6, 6.07) is 2.66. The minimum absolute atomic E-state index is 0.0683. The molecule has 1 aromatic heterocycles. The van der Waals surface area contributed by atoms with Crippen LogP contribution in [0.5, 0.6) is 0 Å². The lowest BCUT2D eigenvalue weighted by atomic mass is 9.89. The van der Waals surface area contributed by atoms with Gasteiger partial charge in [-0.05, 0) is 49.2 Å². The summed E-state index contributed by atoms with van der Waals surface area (Å²) < 4.78 is 0. The number of aliphatic hydroxyl groups is 1. The van der Waals surface area contributed by atoms with Crippen molar-refractivity contribution in [2.75, 3.05) is 7.05 Å². The molecule has 1 saturated carbocycles. The van der Waals surface area contributed by atoms with Gasteiger partial charge in [-0.15, -0.1) is 0 Å². The number of likely N-dealkylation sites (N-methyl/N-ethyl adjacent to an activating group) is 1. The first-order chi connectivity index (χ1) is 8.61. The van der Waals surface area contributed by atoms with Gasteiger partial charge in [0.2, 0.25) is 0 Å². The van der Waals surface area contributed by atoms with Gasteiger partial charge in [-0.3, -0.25) is 4.90 Å². The molecule has 18 heavy (non-hydrogen) atoms. The largest absolute Gasteiger partial charge is 0.391 e. The molecule has 4 atom stereocenters. The van der Waals surface area contributed by atoms with Gasteiger partial charge < -0.3 is 10.8 Å². The third-order valence-electron chi connectivity index (χ3n) is 4.04. The van der Waals surface area contributed by atoms with Crippen molar-refractivity contribution in [2.24, 2.45) is 5.73 Å². The number of hydrogen-bond acceptors (Lipinski definition) is 4. The van der Waals surface area contributed by atoms with Crippen molar-refractivity contribution < 1.29 is 5.11 Å². The molecule has 1 aliphatic carbocycles. The van der Waals surface area contributed by atoms with Gasteiger partial charge in [0.15, 0.2) is 0 Å². The monoisotopic (exact) mass is 268 g/mol. The highest BCUT2D eigenvalue weighted by Gasteiger charge is 2.32. The maximum absolute atomic E-state index is 10.2. The maximum Gasteiger partial charge on any atom is 0.0695 e. The number of hydrogen-bond donors (Lipinski definition) is 2. The first kappa shape index (κ1) is 14.0. The van der Waals surface area contributed by atoms with Gasteiger partial charge in [-0.25, -0.2) is 0 Å². The molecule has 0 saturated heterocycles. The summed E-state index contributed by atoms with van der Waals surface area (Å²) >= 11 is 1.71. The van der Waals surface area contributed by atoms with E-state index in [4.69, 9.17) is 5.73 Å². The first-order valence-electron chi connectivity index (χ1n) is 6.79. The summed E-state index contributed by atoms with van der Waals surface area (Å²) in [6.45, 7) is 2.05. The Hall–Kier alpha value is -0.420. The molecule has 0 spiro atoms. The highest BCUT2D eigenvalue weighted by molar-refractivity contribution is 7.07. The van der Waals surface area contributed by atoms with E-state index in [2.05, 4.69) is 28.8 Å². The Morgan fingerprint density at radius 3 is 2.72 bits per heavy atom. The minimum Gasteiger partial charge on any atom is -0.391 e. The molecule has 102 valence electrons. The Morgan fingerprint density at radius 1 is 1.44 bits per heavy atom. The molecule has 0 amide bonds. The van der Waals surface area contributed by atoms with Crippen LogP contribution in [-0.2, 0) is 0 Å². The molecule has 3 nitrogen and oxygen atoms in total. The molecule has 0 bridgehead atoms. The number of aliphatic hydroxyl groups excluding tert-OH is 1. The summed E-state index contributed by atoms with van der Waals surface area (Å²) in [4.78, 5) is 2.29. The van der Waals surface area contributed by atoms with Crippen LogP contribution in [0.3, 0.4) is 0 Å². The van der Waals surface area contributed by atoms with Gasteiger partial charge in [-0.1, -0.05) is 12.8 Å². The first-order valence-corrected chi connectivity index (χ1v) is 7.73. The van der Waals surface area contributed by atoms with E-state index in [1.165, 1.54) is 12.0 Å². The quantitative estimate of drug-likeness (QED) is 0.881. The molecule has 1 heterocycles. The lowest BCUT2D eigenvalue weighted by Crippen LogP contribution is -2.49. The minimum atomic E-state index is -0.205. The zero-order valence-electron chi connectivity index (χ0n) is 11.2. The fourth-order valence-corrected chi connectivity index (χ4v) is 3.82. The fourth-order valence-electron chi connectivity index (χ4n) is 3.13. The standard InChI is InChI=1S/C14H24N2OS/c1-10(15)14(11-7-8-18-9-11)16(2)12-5-3-4-6-13(12)17/h7-10,12-14,17H,3-6,15H2,1-2H3. The SMILES string of the molecule is CC(N)C(c1ccsc1)N(C)C1CCCCC1O. The van der Waals surface area contributed by atoms with E-state index >= 15 is 0 Å². The molecule has 0 aromatic carbocycles. The van der Waals surface area contributed by atoms with Crippen LogP contribution in [0.15, 0.2) is 16.8 Å². The van der Waals surface area contributed by atoms with Crippen molar-refractivity contribution in [1.29, 1.82) is 0 Å². The Morgan fingerprint density at radius 2 is 2.17 bits per heavy atom. The molecular formula is C14H24N2OS. The van der Waals surface area contributed by atoms with E-state index in [9.17, 15) is 5.11 Å². The van der Waals surface area contributed by atoms with Gasteiger partial charge in [0.25, 0.3) is 0 Å². The molecule has 3 N–H and O–H groups in total. The third kappa shape index (κ3) is 2.94. The Kier molecular flexibility index (Phi) is 4.78. The highest BCUT2D eigenvalue weighted by Crippen LogP contribution is 2.31. The summed E-state index contributed by atoms with van der Waals surface area (Å²) in [7, 11) is 2.10. The molecule has 1 aliphatic rings. The van der Waals surface area contributed by atoms with E-state index in [0.717, 1.165) is 19.3 Å². The van der Waals surface area contributed by atoms with Gasteiger partial charge in [0.05, 0.1) is 12.1 Å². The maximum atomic E-state index is 10.2. The van der Waals surface area contributed by atoms with Crippen LogP contribution in [-0.4, -0.2) is 35.2 Å². The van der Waals surface area contributed by atoms with Crippen molar-refractivity contribution in [3.8, 4) is 0 Å². The Bertz CT molecular complexity index is 353. The summed E-state index contributed by atoms with van der Waals surface area (Å²) in [5.41, 5.74) is 7.44. The van der Waals surface area contributed by atoms with Crippen molar-refractivity contribution >= 4 is 11.3 Å². The molecule has 2 rings (SSSR count). The van der Waals surface area contributed by atoms with Crippen LogP contribution in [0.4, 0.5) is 0 Å². The second-order valence-electron chi connectivity index (χ2n) is 5.45. The van der Waals surface area contributed by atoms with Crippen LogP contribution >= 0.6 is 11.3 Å². The van der Waals surface area contributed by atoms with E-state index in [-0.39, 0.29) is 24.2 Å². The predicted octanol–water partition coefficient (Wildman–Crippen LogP) is 2.37. The highest BCUT2D eigenvalue weighted by atomic mass is 32.1. The second kappa shape index (κ2) is 6.15. The lowest BCUT2D eigenvalue weighted by Gasteiger charge is -2.41. The van der Waals surface area contributed by atoms with Crippen LogP contribution in [0.2, 0.25) is 0 Å². The number of rotatable bonds is 4. The Balaban J connectivity index is 2.15. The smallest absolute Gasteiger partial charge is 0.0695 e. The number of nitrogens with two attached hydrogens (primary N) is 1. The van der Waals surface area contributed by atoms with Gasteiger partial charge >= 0.3 is 0 Å². The molecule has 4 heteroatoms. The second-order valence-corrected chi connectivity index (χ2v) is 6.23. The van der Waals surface area contributed by atoms with Crippen LogP contribution < -0.4 is 5.73 Å². The number of nitrogens with zero attached hydrogens (tertiary/aromatic N) is 1. The predicted molar refractivity (Wildman–Crippen MR) is 76.7 cm³/mol. The summed E-state index contributed by atoms with van der Waals surface area (Å²) in [6.07, 6.45) is 4.15.